The van der Waals surface area contributed by atoms with E-state index in [1.165, 1.54) is 12.0 Å². The number of hydrogen-bond acceptors (Lipinski definition) is 5. The van der Waals surface area contributed by atoms with Crippen LogP contribution in [0, 0.1) is 13.8 Å². The van der Waals surface area contributed by atoms with E-state index in [0.717, 1.165) is 5.69 Å². The number of aryl methyl sites for hydroxylation is 2. The molecule has 0 aliphatic heterocycles. The normalized spacial score (nSPS) is 10.6. The van der Waals surface area contributed by atoms with Gasteiger partial charge in [0.25, 0.3) is 5.91 Å². The summed E-state index contributed by atoms with van der Waals surface area (Å²) in [5, 5.41) is 6.72. The van der Waals surface area contributed by atoms with E-state index in [1.807, 2.05) is 6.92 Å². The molecular weight excluding hydrogens is 354 g/mol. The number of carbonyl (C=O) groups is 2. The standard InChI is InChI=1S/C14H16BrN3O4/c1-7-11(15)12(17-16-7)13(19)18(3)6-9-5-10(8(2)22-9)14(20)21-4/h5H,6H2,1-4H3,(H,16,17). The minimum Gasteiger partial charge on any atom is -0.465 e. The average molecular weight is 370 g/mol. The number of carbonyl (C=O) groups excluding carboxylic acids is 2. The topological polar surface area (TPSA) is 88.4 Å². The van der Waals surface area contributed by atoms with Gasteiger partial charge in [-0.25, -0.2) is 4.79 Å². The number of furan rings is 1. The number of esters is 1. The Hall–Kier alpha value is -2.09. The van der Waals surface area contributed by atoms with Crippen molar-refractivity contribution in [3.05, 3.63) is 39.0 Å². The molecule has 22 heavy (non-hydrogen) atoms. The van der Waals surface area contributed by atoms with Crippen LogP contribution in [0.25, 0.3) is 0 Å². The van der Waals surface area contributed by atoms with Crippen LogP contribution < -0.4 is 0 Å². The van der Waals surface area contributed by atoms with Gasteiger partial charge in [0.05, 0.1) is 18.1 Å². The molecule has 2 heterocycles. The van der Waals surface area contributed by atoms with E-state index in [2.05, 4.69) is 30.9 Å². The van der Waals surface area contributed by atoms with Crippen molar-refractivity contribution in [2.24, 2.45) is 0 Å². The van der Waals surface area contributed by atoms with Gasteiger partial charge in [-0.2, -0.15) is 5.10 Å². The molecule has 0 saturated carbocycles. The van der Waals surface area contributed by atoms with Crippen molar-refractivity contribution >= 4 is 27.8 Å². The third-order valence-electron chi connectivity index (χ3n) is 3.19. The molecule has 0 aliphatic rings. The number of H-pyrrole nitrogens is 1. The Morgan fingerprint density at radius 1 is 1.45 bits per heavy atom. The Bertz CT molecular complexity index is 720. The molecule has 0 saturated heterocycles. The van der Waals surface area contributed by atoms with Gasteiger partial charge in [0, 0.05) is 12.7 Å². The van der Waals surface area contributed by atoms with Gasteiger partial charge in [-0.3, -0.25) is 9.89 Å². The molecule has 2 rings (SSSR count). The highest BCUT2D eigenvalue weighted by Crippen LogP contribution is 2.21. The van der Waals surface area contributed by atoms with E-state index in [0.29, 0.717) is 27.3 Å². The van der Waals surface area contributed by atoms with Crippen molar-refractivity contribution in [3.63, 3.8) is 0 Å². The van der Waals surface area contributed by atoms with Crippen LogP contribution in [0.4, 0.5) is 0 Å². The first-order valence-electron chi connectivity index (χ1n) is 6.48. The highest BCUT2D eigenvalue weighted by molar-refractivity contribution is 9.10. The fourth-order valence-corrected chi connectivity index (χ4v) is 2.32. The number of nitrogens with zero attached hydrogens (tertiary/aromatic N) is 2. The number of methoxy groups -OCH3 is 1. The Kier molecular flexibility index (Phi) is 4.70. The summed E-state index contributed by atoms with van der Waals surface area (Å²) in [5.74, 6) is 0.230. The van der Waals surface area contributed by atoms with Crippen molar-refractivity contribution in [2.45, 2.75) is 20.4 Å². The smallest absolute Gasteiger partial charge is 0.341 e. The first kappa shape index (κ1) is 16.3. The molecule has 1 amide bonds. The van der Waals surface area contributed by atoms with Crippen LogP contribution in [0.1, 0.15) is 38.1 Å². The number of ether oxygens (including phenoxy) is 1. The predicted octanol–water partition coefficient (Wildman–Crippen LogP) is 2.44. The first-order valence-corrected chi connectivity index (χ1v) is 7.28. The molecule has 2 aromatic rings. The van der Waals surface area contributed by atoms with E-state index in [9.17, 15) is 9.59 Å². The minimum absolute atomic E-state index is 0.217. The van der Waals surface area contributed by atoms with Crippen LogP contribution in [-0.4, -0.2) is 41.1 Å². The molecule has 1 N–H and O–H groups in total. The summed E-state index contributed by atoms with van der Waals surface area (Å²) in [7, 11) is 2.94. The largest absolute Gasteiger partial charge is 0.465 e. The summed E-state index contributed by atoms with van der Waals surface area (Å²) < 4.78 is 10.8. The summed E-state index contributed by atoms with van der Waals surface area (Å²) in [6, 6.07) is 1.58. The van der Waals surface area contributed by atoms with Gasteiger partial charge in [0.2, 0.25) is 0 Å². The molecule has 8 heteroatoms. The lowest BCUT2D eigenvalue weighted by Crippen LogP contribution is -2.26. The zero-order valence-electron chi connectivity index (χ0n) is 12.7. The molecule has 0 fully saturated rings. The van der Waals surface area contributed by atoms with Crippen molar-refractivity contribution in [1.82, 2.24) is 15.1 Å². The molecule has 118 valence electrons. The number of aromatic nitrogens is 2. The predicted molar refractivity (Wildman–Crippen MR) is 81.6 cm³/mol. The zero-order valence-corrected chi connectivity index (χ0v) is 14.3. The van der Waals surface area contributed by atoms with E-state index < -0.39 is 5.97 Å². The maximum atomic E-state index is 12.3. The maximum absolute atomic E-state index is 12.3. The van der Waals surface area contributed by atoms with Gasteiger partial charge in [0.15, 0.2) is 5.69 Å². The molecule has 0 bridgehead atoms. The highest BCUT2D eigenvalue weighted by atomic mass is 79.9. The monoisotopic (exact) mass is 369 g/mol. The number of nitrogens with one attached hydrogen (secondary N) is 1. The van der Waals surface area contributed by atoms with Crippen LogP contribution >= 0.6 is 15.9 Å². The van der Waals surface area contributed by atoms with Crippen LogP contribution in [0.3, 0.4) is 0 Å². The Morgan fingerprint density at radius 2 is 2.14 bits per heavy atom. The molecule has 0 aromatic carbocycles. The van der Waals surface area contributed by atoms with Crippen molar-refractivity contribution < 1.29 is 18.7 Å². The van der Waals surface area contributed by atoms with Crippen molar-refractivity contribution in [3.8, 4) is 0 Å². The highest BCUT2D eigenvalue weighted by Gasteiger charge is 2.22. The van der Waals surface area contributed by atoms with Gasteiger partial charge in [-0.15, -0.1) is 0 Å². The Balaban J connectivity index is 2.15. The fraction of sp³-hybridized carbons (Fsp3) is 0.357. The summed E-state index contributed by atoms with van der Waals surface area (Å²) in [5.41, 5.74) is 1.44. The second-order valence-electron chi connectivity index (χ2n) is 4.85. The first-order chi connectivity index (χ1) is 10.3. The summed E-state index contributed by atoms with van der Waals surface area (Å²) in [4.78, 5) is 25.4. The SMILES string of the molecule is COC(=O)c1cc(CN(C)C(=O)c2n[nH]c(C)c2Br)oc1C. The van der Waals surface area contributed by atoms with E-state index >= 15 is 0 Å². The lowest BCUT2D eigenvalue weighted by atomic mass is 10.2. The van der Waals surface area contributed by atoms with Gasteiger partial charge < -0.3 is 14.1 Å². The van der Waals surface area contributed by atoms with Gasteiger partial charge >= 0.3 is 5.97 Å². The Morgan fingerprint density at radius 3 is 2.68 bits per heavy atom. The third-order valence-corrected chi connectivity index (χ3v) is 4.16. The fourth-order valence-electron chi connectivity index (χ4n) is 1.98. The lowest BCUT2D eigenvalue weighted by molar-refractivity contribution is 0.0598. The second-order valence-corrected chi connectivity index (χ2v) is 5.64. The van der Waals surface area contributed by atoms with E-state index in [4.69, 9.17) is 4.42 Å². The molecular formula is C14H16BrN3O4. The third kappa shape index (κ3) is 3.06. The lowest BCUT2D eigenvalue weighted by Gasteiger charge is -2.14. The number of amides is 1. The average Bonchev–Trinajstić information content (AvgIpc) is 3.01. The van der Waals surface area contributed by atoms with Gasteiger partial charge in [-0.05, 0) is 35.8 Å². The number of hydrogen-bond donors (Lipinski definition) is 1. The van der Waals surface area contributed by atoms with Crippen LogP contribution in [0.5, 0.6) is 0 Å². The number of halogens is 1. The number of aromatic amines is 1. The second kappa shape index (κ2) is 6.35. The van der Waals surface area contributed by atoms with Gasteiger partial charge in [0.1, 0.15) is 17.1 Å². The van der Waals surface area contributed by atoms with Gasteiger partial charge in [-0.1, -0.05) is 0 Å². The maximum Gasteiger partial charge on any atom is 0.341 e. The quantitative estimate of drug-likeness (QED) is 0.836. The van der Waals surface area contributed by atoms with E-state index in [-0.39, 0.29) is 12.5 Å². The summed E-state index contributed by atoms with van der Waals surface area (Å²) >= 11 is 3.32. The Labute approximate surface area is 135 Å². The molecule has 0 aliphatic carbocycles. The summed E-state index contributed by atoms with van der Waals surface area (Å²) in [6.45, 7) is 3.70. The van der Waals surface area contributed by atoms with Crippen LogP contribution in [0.2, 0.25) is 0 Å². The van der Waals surface area contributed by atoms with Crippen LogP contribution in [0.15, 0.2) is 15.0 Å². The molecule has 7 nitrogen and oxygen atoms in total. The van der Waals surface area contributed by atoms with Crippen molar-refractivity contribution in [2.75, 3.05) is 14.2 Å². The molecule has 0 unspecified atom stereocenters. The minimum atomic E-state index is -0.466. The van der Waals surface area contributed by atoms with E-state index in [1.54, 1.807) is 20.0 Å². The number of rotatable bonds is 4. The van der Waals surface area contributed by atoms with Crippen LogP contribution in [-0.2, 0) is 11.3 Å². The zero-order chi connectivity index (χ0) is 16.4. The summed E-state index contributed by atoms with van der Waals surface area (Å²) in [6.07, 6.45) is 0. The van der Waals surface area contributed by atoms with Crippen molar-refractivity contribution in [1.29, 1.82) is 0 Å². The molecule has 0 radical (unpaired) electrons. The molecule has 2 aromatic heterocycles. The molecule has 0 atom stereocenters. The molecule has 0 spiro atoms.